The molecule has 1 fully saturated rings. The molecule has 2 aliphatic rings. The maximum atomic E-state index is 12.5. The van der Waals surface area contributed by atoms with Crippen LogP contribution in [-0.4, -0.2) is 30.4 Å². The van der Waals surface area contributed by atoms with E-state index in [4.69, 9.17) is 4.42 Å². The second kappa shape index (κ2) is 6.81. The Hall–Kier alpha value is -2.07. The Morgan fingerprint density at radius 1 is 1.29 bits per heavy atom. The van der Waals surface area contributed by atoms with Crippen LogP contribution < -0.4 is 5.32 Å². The summed E-state index contributed by atoms with van der Waals surface area (Å²) in [5, 5.41) is 3.37. The molecular formula is C20H24N2O2. The van der Waals surface area contributed by atoms with E-state index >= 15 is 0 Å². The summed E-state index contributed by atoms with van der Waals surface area (Å²) in [4.78, 5) is 14.5. The lowest BCUT2D eigenvalue weighted by atomic mass is 10.0. The first-order chi connectivity index (χ1) is 11.8. The quantitative estimate of drug-likeness (QED) is 0.939. The molecule has 3 heterocycles. The summed E-state index contributed by atoms with van der Waals surface area (Å²) in [7, 11) is 0. The third-order valence-electron chi connectivity index (χ3n) is 5.22. The first-order valence-electron chi connectivity index (χ1n) is 8.95. The van der Waals surface area contributed by atoms with Gasteiger partial charge in [0.05, 0.1) is 6.54 Å². The lowest BCUT2D eigenvalue weighted by Gasteiger charge is -2.26. The molecule has 0 spiro atoms. The number of carbonyl (C=O) groups excluding carboxylic acids is 1. The van der Waals surface area contributed by atoms with Gasteiger partial charge in [0.15, 0.2) is 0 Å². The van der Waals surface area contributed by atoms with Crippen molar-refractivity contribution in [2.75, 3.05) is 19.6 Å². The predicted molar refractivity (Wildman–Crippen MR) is 93.5 cm³/mol. The van der Waals surface area contributed by atoms with Crippen LogP contribution in [0.25, 0.3) is 11.3 Å². The Morgan fingerprint density at radius 2 is 2.17 bits per heavy atom. The number of hydrogen-bond acceptors (Lipinski definition) is 3. The van der Waals surface area contributed by atoms with E-state index in [0.717, 1.165) is 49.6 Å². The number of furan rings is 1. The zero-order chi connectivity index (χ0) is 16.4. The summed E-state index contributed by atoms with van der Waals surface area (Å²) in [6.45, 7) is 3.59. The number of rotatable bonds is 4. The van der Waals surface area contributed by atoms with Gasteiger partial charge < -0.3 is 14.6 Å². The highest BCUT2D eigenvalue weighted by Gasteiger charge is 2.25. The molecule has 1 saturated heterocycles. The highest BCUT2D eigenvalue weighted by molar-refractivity contribution is 5.76. The molecule has 0 saturated carbocycles. The topological polar surface area (TPSA) is 45.5 Å². The normalized spacial score (nSPS) is 20.2. The summed E-state index contributed by atoms with van der Waals surface area (Å²) in [6.07, 6.45) is 3.76. The van der Waals surface area contributed by atoms with Gasteiger partial charge in [0.1, 0.15) is 11.5 Å². The minimum atomic E-state index is 0.269. The van der Waals surface area contributed by atoms with Crippen LogP contribution >= 0.6 is 0 Å². The molecule has 2 aromatic rings. The fourth-order valence-electron chi connectivity index (χ4n) is 3.72. The average Bonchev–Trinajstić information content (AvgIpc) is 3.29. The van der Waals surface area contributed by atoms with Crippen LogP contribution in [0, 0.1) is 5.92 Å². The molecule has 1 aromatic carbocycles. The maximum absolute atomic E-state index is 12.5. The molecule has 2 aliphatic heterocycles. The lowest BCUT2D eigenvalue weighted by molar-refractivity contribution is -0.132. The standard InChI is InChI=1S/C20H24N2O2/c23-20(7-6-15-8-10-21-13-15)22-11-9-17-12-18(24-19(17)14-22)16-4-2-1-3-5-16/h1-5,12,15,21H,6-11,13-14H2. The molecule has 24 heavy (non-hydrogen) atoms. The summed E-state index contributed by atoms with van der Waals surface area (Å²) in [6, 6.07) is 12.3. The minimum Gasteiger partial charge on any atom is -0.459 e. The molecule has 4 rings (SSSR count). The van der Waals surface area contributed by atoms with Gasteiger partial charge in [-0.05, 0) is 49.9 Å². The Balaban J connectivity index is 1.40. The third kappa shape index (κ3) is 3.24. The first-order valence-corrected chi connectivity index (χ1v) is 8.95. The Labute approximate surface area is 142 Å². The average molecular weight is 324 g/mol. The molecule has 126 valence electrons. The third-order valence-corrected chi connectivity index (χ3v) is 5.22. The van der Waals surface area contributed by atoms with Crippen molar-refractivity contribution in [3.05, 3.63) is 47.7 Å². The van der Waals surface area contributed by atoms with E-state index in [2.05, 4.69) is 23.5 Å². The van der Waals surface area contributed by atoms with Gasteiger partial charge in [-0.15, -0.1) is 0 Å². The van der Waals surface area contributed by atoms with Crippen molar-refractivity contribution in [2.45, 2.75) is 32.2 Å². The number of nitrogens with zero attached hydrogens (tertiary/aromatic N) is 1. The number of benzene rings is 1. The van der Waals surface area contributed by atoms with E-state index in [9.17, 15) is 4.79 Å². The first kappa shape index (κ1) is 15.5. The van der Waals surface area contributed by atoms with Gasteiger partial charge in [-0.25, -0.2) is 0 Å². The zero-order valence-corrected chi connectivity index (χ0v) is 14.0. The lowest BCUT2D eigenvalue weighted by Crippen LogP contribution is -2.35. The largest absolute Gasteiger partial charge is 0.459 e. The van der Waals surface area contributed by atoms with Crippen LogP contribution in [0.4, 0.5) is 0 Å². The SMILES string of the molecule is O=C(CCC1CCNC1)N1CCc2cc(-c3ccccc3)oc2C1. The number of amides is 1. The molecule has 0 bridgehead atoms. The predicted octanol–water partition coefficient (Wildman–Crippen LogP) is 3.22. The molecule has 4 heteroatoms. The Bertz CT molecular complexity index is 702. The number of hydrogen-bond donors (Lipinski definition) is 1. The molecule has 1 atom stereocenters. The van der Waals surface area contributed by atoms with Gasteiger partial charge in [-0.1, -0.05) is 30.3 Å². The van der Waals surface area contributed by atoms with Crippen molar-refractivity contribution in [2.24, 2.45) is 5.92 Å². The van der Waals surface area contributed by atoms with Gasteiger partial charge in [0.2, 0.25) is 5.91 Å². The van der Waals surface area contributed by atoms with Crippen LogP contribution in [0.2, 0.25) is 0 Å². The van der Waals surface area contributed by atoms with Crippen molar-refractivity contribution in [1.29, 1.82) is 0 Å². The Kier molecular flexibility index (Phi) is 4.39. The van der Waals surface area contributed by atoms with Crippen molar-refractivity contribution < 1.29 is 9.21 Å². The molecule has 0 radical (unpaired) electrons. The highest BCUT2D eigenvalue weighted by Crippen LogP contribution is 2.29. The van der Waals surface area contributed by atoms with E-state index in [1.807, 2.05) is 23.1 Å². The van der Waals surface area contributed by atoms with Gasteiger partial charge >= 0.3 is 0 Å². The molecule has 1 unspecified atom stereocenters. The summed E-state index contributed by atoms with van der Waals surface area (Å²) in [5.74, 6) is 2.80. The van der Waals surface area contributed by atoms with E-state index in [1.165, 1.54) is 12.0 Å². The van der Waals surface area contributed by atoms with Crippen molar-refractivity contribution in [3.63, 3.8) is 0 Å². The van der Waals surface area contributed by atoms with Crippen molar-refractivity contribution in [1.82, 2.24) is 10.2 Å². The molecule has 1 N–H and O–H groups in total. The van der Waals surface area contributed by atoms with Crippen LogP contribution in [0.3, 0.4) is 0 Å². The molecule has 1 amide bonds. The monoisotopic (exact) mass is 324 g/mol. The maximum Gasteiger partial charge on any atom is 0.222 e. The number of fused-ring (bicyclic) bond motifs is 1. The van der Waals surface area contributed by atoms with Crippen molar-refractivity contribution in [3.8, 4) is 11.3 Å². The van der Waals surface area contributed by atoms with Crippen LogP contribution in [-0.2, 0) is 17.8 Å². The van der Waals surface area contributed by atoms with Crippen LogP contribution in [0.15, 0.2) is 40.8 Å². The zero-order valence-electron chi connectivity index (χ0n) is 14.0. The highest BCUT2D eigenvalue weighted by atomic mass is 16.3. The number of nitrogens with one attached hydrogen (secondary N) is 1. The summed E-state index contributed by atoms with van der Waals surface area (Å²) >= 11 is 0. The molecule has 0 aliphatic carbocycles. The Morgan fingerprint density at radius 3 is 2.96 bits per heavy atom. The van der Waals surface area contributed by atoms with Crippen molar-refractivity contribution >= 4 is 5.91 Å². The minimum absolute atomic E-state index is 0.269. The second-order valence-corrected chi connectivity index (χ2v) is 6.89. The molecular weight excluding hydrogens is 300 g/mol. The molecule has 1 aromatic heterocycles. The van der Waals surface area contributed by atoms with Gasteiger partial charge in [0.25, 0.3) is 0 Å². The van der Waals surface area contributed by atoms with Crippen LogP contribution in [0.1, 0.15) is 30.6 Å². The van der Waals surface area contributed by atoms with E-state index in [1.54, 1.807) is 0 Å². The summed E-state index contributed by atoms with van der Waals surface area (Å²) in [5.41, 5.74) is 2.34. The van der Waals surface area contributed by atoms with Crippen LogP contribution in [0.5, 0.6) is 0 Å². The van der Waals surface area contributed by atoms with Gasteiger partial charge in [0, 0.05) is 18.5 Å². The second-order valence-electron chi connectivity index (χ2n) is 6.89. The fourth-order valence-corrected chi connectivity index (χ4v) is 3.72. The van der Waals surface area contributed by atoms with E-state index in [0.29, 0.717) is 18.9 Å². The fraction of sp³-hybridized carbons (Fsp3) is 0.450. The van der Waals surface area contributed by atoms with Gasteiger partial charge in [-0.3, -0.25) is 4.79 Å². The number of carbonyl (C=O) groups is 1. The van der Waals surface area contributed by atoms with Gasteiger partial charge in [-0.2, -0.15) is 0 Å². The van der Waals surface area contributed by atoms with E-state index in [-0.39, 0.29) is 5.91 Å². The molecule has 4 nitrogen and oxygen atoms in total. The smallest absolute Gasteiger partial charge is 0.222 e. The van der Waals surface area contributed by atoms with E-state index < -0.39 is 0 Å². The summed E-state index contributed by atoms with van der Waals surface area (Å²) < 4.78 is 6.05.